The molecule has 0 spiro atoms. The van der Waals surface area contributed by atoms with E-state index in [4.69, 9.17) is 4.74 Å². The Morgan fingerprint density at radius 1 is 0.796 bits per heavy atom. The third kappa shape index (κ3) is 9.94. The average Bonchev–Trinajstić information content (AvgIpc) is 3.50. The van der Waals surface area contributed by atoms with Gasteiger partial charge in [-0.3, -0.25) is 14.4 Å². The molecule has 10 heteroatoms. The molecule has 3 N–H and O–H groups in total. The number of aryl methyl sites for hydroxylation is 1. The van der Waals surface area contributed by atoms with Crippen molar-refractivity contribution in [3.05, 3.63) is 142 Å². The zero-order chi connectivity index (χ0) is 37.9. The van der Waals surface area contributed by atoms with Gasteiger partial charge in [-0.15, -0.1) is 23.1 Å². The van der Waals surface area contributed by atoms with Crippen LogP contribution < -0.4 is 16.0 Å². The van der Waals surface area contributed by atoms with E-state index in [1.807, 2.05) is 73.7 Å². The van der Waals surface area contributed by atoms with Gasteiger partial charge in [-0.1, -0.05) is 91.7 Å². The number of amides is 3. The van der Waals surface area contributed by atoms with Crippen LogP contribution in [0.2, 0.25) is 0 Å². The van der Waals surface area contributed by atoms with Crippen LogP contribution >= 0.6 is 23.1 Å². The van der Waals surface area contributed by atoms with Gasteiger partial charge in [0.25, 0.3) is 11.8 Å². The fourth-order valence-corrected chi connectivity index (χ4v) is 8.46. The van der Waals surface area contributed by atoms with E-state index in [2.05, 4.69) is 16.0 Å². The van der Waals surface area contributed by atoms with Gasteiger partial charge in [0.2, 0.25) is 5.91 Å². The first-order chi connectivity index (χ1) is 26.3. The summed E-state index contributed by atoms with van der Waals surface area (Å²) in [5, 5.41) is 8.79. The number of rotatable bonds is 12. The molecule has 0 saturated heterocycles. The predicted molar refractivity (Wildman–Crippen MR) is 219 cm³/mol. The van der Waals surface area contributed by atoms with E-state index in [1.165, 1.54) is 23.1 Å². The van der Waals surface area contributed by atoms with Crippen molar-refractivity contribution < 1.29 is 23.9 Å². The third-order valence-electron chi connectivity index (χ3n) is 9.02. The van der Waals surface area contributed by atoms with Crippen LogP contribution in [0.15, 0.2) is 120 Å². The van der Waals surface area contributed by atoms with Crippen LogP contribution in [0.1, 0.15) is 76.3 Å². The lowest BCUT2D eigenvalue weighted by Crippen LogP contribution is -2.30. The molecule has 1 unspecified atom stereocenters. The fraction of sp³-hybridized carbons (Fsp3) is 0.227. The maximum absolute atomic E-state index is 13.8. The van der Waals surface area contributed by atoms with Gasteiger partial charge in [0.1, 0.15) is 10.7 Å². The van der Waals surface area contributed by atoms with E-state index in [1.54, 1.807) is 55.5 Å². The minimum atomic E-state index is -0.518. The topological polar surface area (TPSA) is 114 Å². The van der Waals surface area contributed by atoms with Crippen LogP contribution in [0, 0.1) is 0 Å². The van der Waals surface area contributed by atoms with E-state index in [9.17, 15) is 19.2 Å². The molecule has 4 aromatic carbocycles. The van der Waals surface area contributed by atoms with Crippen molar-refractivity contribution in [1.29, 1.82) is 0 Å². The van der Waals surface area contributed by atoms with Crippen molar-refractivity contribution in [1.82, 2.24) is 5.32 Å². The van der Waals surface area contributed by atoms with Gasteiger partial charge in [0, 0.05) is 21.0 Å². The highest BCUT2D eigenvalue weighted by Crippen LogP contribution is 2.38. The molecule has 1 atom stereocenters. The van der Waals surface area contributed by atoms with Gasteiger partial charge in [0.05, 0.1) is 17.4 Å². The van der Waals surface area contributed by atoms with Gasteiger partial charge in [-0.05, 0) is 98.2 Å². The summed E-state index contributed by atoms with van der Waals surface area (Å²) in [6.07, 6.45) is 7.66. The molecular formula is C44H43N3O5S2. The minimum absolute atomic E-state index is 0.0737. The molecule has 0 saturated carbocycles. The Hall–Kier alpha value is -5.45. The summed E-state index contributed by atoms with van der Waals surface area (Å²) in [7, 11) is 0. The zero-order valence-corrected chi connectivity index (χ0v) is 32.0. The molecule has 6 rings (SSSR count). The second-order valence-corrected chi connectivity index (χ2v) is 15.5. The van der Waals surface area contributed by atoms with Crippen molar-refractivity contribution in [3.8, 4) is 11.1 Å². The van der Waals surface area contributed by atoms with Crippen molar-refractivity contribution in [2.24, 2.45) is 0 Å². The van der Waals surface area contributed by atoms with E-state index >= 15 is 0 Å². The lowest BCUT2D eigenvalue weighted by atomic mass is 9.96. The summed E-state index contributed by atoms with van der Waals surface area (Å²) < 4.78 is 5.41. The summed E-state index contributed by atoms with van der Waals surface area (Å²) in [6, 6.07) is 33.7. The Morgan fingerprint density at radius 3 is 2.20 bits per heavy atom. The summed E-state index contributed by atoms with van der Waals surface area (Å²) in [6.45, 7) is 3.85. The SMILES string of the molecule is CCOC(=O)c1c(NC(=O)C(C)Sc2cccc(NC(=O)/C(=C\c3ccc(-c4ccccc4)cc3)NC(=O)c3ccccc3)c2)sc2c1CCCCCC2. The number of anilines is 2. The van der Waals surface area contributed by atoms with Crippen LogP contribution in [0.5, 0.6) is 0 Å². The number of carbonyl (C=O) groups is 4. The maximum Gasteiger partial charge on any atom is 0.341 e. The number of esters is 1. The highest BCUT2D eigenvalue weighted by atomic mass is 32.2. The Balaban J connectivity index is 1.17. The van der Waals surface area contributed by atoms with Gasteiger partial charge >= 0.3 is 5.97 Å². The van der Waals surface area contributed by atoms with E-state index in [0.717, 1.165) is 70.6 Å². The number of fused-ring (bicyclic) bond motifs is 1. The van der Waals surface area contributed by atoms with Gasteiger partial charge in [-0.25, -0.2) is 4.79 Å². The van der Waals surface area contributed by atoms with Gasteiger partial charge in [-0.2, -0.15) is 0 Å². The number of ether oxygens (including phenoxy) is 1. The van der Waals surface area contributed by atoms with E-state index in [0.29, 0.717) is 21.8 Å². The highest BCUT2D eigenvalue weighted by Gasteiger charge is 2.27. The monoisotopic (exact) mass is 757 g/mol. The first-order valence-corrected chi connectivity index (χ1v) is 19.9. The molecule has 1 aliphatic carbocycles. The predicted octanol–water partition coefficient (Wildman–Crippen LogP) is 9.78. The van der Waals surface area contributed by atoms with Crippen molar-refractivity contribution in [2.75, 3.05) is 17.2 Å². The second-order valence-electron chi connectivity index (χ2n) is 12.9. The number of thioether (sulfide) groups is 1. The fourth-order valence-electron chi connectivity index (χ4n) is 6.25. The van der Waals surface area contributed by atoms with Crippen LogP contribution in [0.3, 0.4) is 0 Å². The lowest BCUT2D eigenvalue weighted by molar-refractivity contribution is -0.115. The van der Waals surface area contributed by atoms with E-state index in [-0.39, 0.29) is 18.2 Å². The molecule has 276 valence electrons. The Morgan fingerprint density at radius 2 is 1.48 bits per heavy atom. The van der Waals surface area contributed by atoms with Gasteiger partial charge in [0.15, 0.2) is 0 Å². The number of thiophene rings is 1. The van der Waals surface area contributed by atoms with E-state index < -0.39 is 23.0 Å². The Kier molecular flexibility index (Phi) is 13.1. The Bertz CT molecular complexity index is 2130. The summed E-state index contributed by atoms with van der Waals surface area (Å²) >= 11 is 2.82. The number of carbonyl (C=O) groups excluding carboxylic acids is 4. The number of nitrogens with one attached hydrogen (secondary N) is 3. The second kappa shape index (κ2) is 18.5. The molecule has 8 nitrogen and oxygen atoms in total. The molecule has 0 fully saturated rings. The number of hydrogen-bond donors (Lipinski definition) is 3. The van der Waals surface area contributed by atoms with Crippen molar-refractivity contribution in [2.45, 2.75) is 62.5 Å². The van der Waals surface area contributed by atoms with Crippen LogP contribution in [-0.4, -0.2) is 35.5 Å². The van der Waals surface area contributed by atoms with Crippen molar-refractivity contribution in [3.63, 3.8) is 0 Å². The maximum atomic E-state index is 13.8. The molecule has 0 radical (unpaired) electrons. The quantitative estimate of drug-likeness (QED) is 0.0664. The van der Waals surface area contributed by atoms with Crippen LogP contribution in [0.4, 0.5) is 10.7 Å². The summed E-state index contributed by atoms with van der Waals surface area (Å²) in [5.74, 6) is -1.54. The average molecular weight is 758 g/mol. The van der Waals surface area contributed by atoms with Gasteiger partial charge < -0.3 is 20.7 Å². The summed E-state index contributed by atoms with van der Waals surface area (Å²) in [5.41, 5.74) is 5.34. The molecule has 1 aliphatic rings. The molecular weight excluding hydrogens is 715 g/mol. The first-order valence-electron chi connectivity index (χ1n) is 18.2. The normalized spacial score (nSPS) is 13.4. The molecule has 1 heterocycles. The summed E-state index contributed by atoms with van der Waals surface area (Å²) in [4.78, 5) is 55.5. The lowest BCUT2D eigenvalue weighted by Gasteiger charge is -2.14. The molecule has 0 bridgehead atoms. The van der Waals surface area contributed by atoms with Crippen LogP contribution in [0.25, 0.3) is 17.2 Å². The molecule has 0 aliphatic heterocycles. The molecule has 3 amide bonds. The largest absolute Gasteiger partial charge is 0.462 e. The third-order valence-corrected chi connectivity index (χ3v) is 11.3. The van der Waals surface area contributed by atoms with Crippen LogP contribution in [-0.2, 0) is 27.2 Å². The van der Waals surface area contributed by atoms with Crippen molar-refractivity contribution >= 4 is 63.6 Å². The molecule has 1 aromatic heterocycles. The molecule has 54 heavy (non-hydrogen) atoms. The number of hydrogen-bond acceptors (Lipinski definition) is 7. The zero-order valence-electron chi connectivity index (χ0n) is 30.4. The smallest absolute Gasteiger partial charge is 0.341 e. The molecule has 5 aromatic rings. The first kappa shape index (κ1) is 38.3. The Labute approximate surface area is 324 Å². The highest BCUT2D eigenvalue weighted by molar-refractivity contribution is 8.00. The number of benzene rings is 4. The standard InChI is InChI=1S/C44H43N3O5S2/c1-3-52-44(51)39-36-21-12-4-5-13-22-38(36)54-43(39)47-40(48)29(2)53-35-20-14-19-34(28-35)45-42(50)37(46-41(49)33-17-10-7-11-18-33)27-30-23-25-32(26-24-30)31-15-8-6-9-16-31/h6-11,14-20,23-29H,3-5,12-13,21-22H2,1-2H3,(H,45,50)(H,46,49)(H,47,48)/b37-27+. The minimum Gasteiger partial charge on any atom is -0.462 e.